The van der Waals surface area contributed by atoms with Crippen LogP contribution in [0.15, 0.2) is 29.5 Å². The number of carbonyl (C=O) groups excluding carboxylic acids is 1. The van der Waals surface area contributed by atoms with Crippen LogP contribution in [0, 0.1) is 17.6 Å². The number of aliphatic imine (C=N–C) groups is 1. The van der Waals surface area contributed by atoms with Crippen LogP contribution in [0.25, 0.3) is 0 Å². The SMILES string of the molecule is CC(F)c1cnc(C(=O)Nc2cc(F)c(F)c([C@]34CO[C@H](C(F)(F)F)[C@H]3CSC(N)=N4)c2)cn1. The summed E-state index contributed by atoms with van der Waals surface area (Å²) in [7, 11) is 0. The number of alkyl halides is 4. The Hall–Kier alpha value is -2.87. The minimum atomic E-state index is -4.77. The molecule has 1 amide bonds. The summed E-state index contributed by atoms with van der Waals surface area (Å²) < 4.78 is 88.3. The van der Waals surface area contributed by atoms with Crippen molar-refractivity contribution in [3.05, 3.63) is 53.1 Å². The predicted octanol–water partition coefficient (Wildman–Crippen LogP) is 3.87. The maximum Gasteiger partial charge on any atom is 0.415 e. The number of benzene rings is 1. The van der Waals surface area contributed by atoms with Crippen molar-refractivity contribution < 1.29 is 35.9 Å². The molecule has 2 aliphatic heterocycles. The van der Waals surface area contributed by atoms with Gasteiger partial charge in [-0.3, -0.25) is 9.78 Å². The van der Waals surface area contributed by atoms with Crippen molar-refractivity contribution in [2.24, 2.45) is 16.6 Å². The predicted molar refractivity (Wildman–Crippen MR) is 111 cm³/mol. The number of aromatic nitrogens is 2. The molecule has 0 radical (unpaired) electrons. The molecule has 14 heteroatoms. The largest absolute Gasteiger partial charge is 0.415 e. The molecule has 0 spiro atoms. The van der Waals surface area contributed by atoms with Crippen molar-refractivity contribution >= 4 is 28.5 Å². The summed E-state index contributed by atoms with van der Waals surface area (Å²) in [6.07, 6.45) is -6.40. The van der Waals surface area contributed by atoms with E-state index >= 15 is 0 Å². The van der Waals surface area contributed by atoms with Gasteiger partial charge in [0.15, 0.2) is 22.9 Å². The van der Waals surface area contributed by atoms with E-state index in [1.165, 1.54) is 6.92 Å². The number of ether oxygens (including phenoxy) is 1. The van der Waals surface area contributed by atoms with E-state index in [1.54, 1.807) is 0 Å². The minimum Gasteiger partial charge on any atom is -0.379 e. The van der Waals surface area contributed by atoms with E-state index in [4.69, 9.17) is 10.5 Å². The summed E-state index contributed by atoms with van der Waals surface area (Å²) in [5, 5.41) is 2.19. The quantitative estimate of drug-likeness (QED) is 0.612. The molecule has 7 nitrogen and oxygen atoms in total. The number of rotatable bonds is 4. The maximum absolute atomic E-state index is 14.9. The molecular weight excluding hydrogens is 488 g/mol. The number of nitrogens with two attached hydrogens (primary N) is 1. The van der Waals surface area contributed by atoms with Gasteiger partial charge in [0, 0.05) is 29.0 Å². The van der Waals surface area contributed by atoms with Gasteiger partial charge in [-0.15, -0.1) is 0 Å². The van der Waals surface area contributed by atoms with Gasteiger partial charge in [0.1, 0.15) is 17.4 Å². The fourth-order valence-corrected chi connectivity index (χ4v) is 4.96. The van der Waals surface area contributed by atoms with Crippen LogP contribution in [0.2, 0.25) is 0 Å². The van der Waals surface area contributed by atoms with Gasteiger partial charge in [-0.05, 0) is 13.0 Å². The van der Waals surface area contributed by atoms with Crippen molar-refractivity contribution in [3.63, 3.8) is 0 Å². The monoisotopic (exact) mass is 505 g/mol. The summed E-state index contributed by atoms with van der Waals surface area (Å²) in [4.78, 5) is 24.1. The first kappa shape index (κ1) is 24.3. The number of hydrogen-bond donors (Lipinski definition) is 2. The van der Waals surface area contributed by atoms with Crippen LogP contribution in [0.5, 0.6) is 0 Å². The minimum absolute atomic E-state index is 0.0112. The average molecular weight is 505 g/mol. The van der Waals surface area contributed by atoms with Gasteiger partial charge in [-0.1, -0.05) is 11.8 Å². The molecule has 3 heterocycles. The van der Waals surface area contributed by atoms with E-state index in [2.05, 4.69) is 20.3 Å². The molecule has 0 aliphatic carbocycles. The van der Waals surface area contributed by atoms with Crippen LogP contribution < -0.4 is 11.1 Å². The number of nitrogens with one attached hydrogen (secondary N) is 1. The highest BCUT2D eigenvalue weighted by Gasteiger charge is 2.62. The van der Waals surface area contributed by atoms with Gasteiger partial charge in [-0.25, -0.2) is 23.1 Å². The highest BCUT2D eigenvalue weighted by Crippen LogP contribution is 2.52. The first-order valence-electron chi connectivity index (χ1n) is 9.85. The van der Waals surface area contributed by atoms with Crippen molar-refractivity contribution in [3.8, 4) is 0 Å². The van der Waals surface area contributed by atoms with Crippen LogP contribution >= 0.6 is 11.8 Å². The van der Waals surface area contributed by atoms with Crippen LogP contribution in [0.3, 0.4) is 0 Å². The zero-order valence-corrected chi connectivity index (χ0v) is 18.2. The highest BCUT2D eigenvalue weighted by molar-refractivity contribution is 8.13. The molecule has 3 N–H and O–H groups in total. The lowest BCUT2D eigenvalue weighted by Crippen LogP contribution is -2.46. The van der Waals surface area contributed by atoms with Crippen molar-refractivity contribution in [2.45, 2.75) is 30.9 Å². The smallest absolute Gasteiger partial charge is 0.379 e. The van der Waals surface area contributed by atoms with Crippen LogP contribution in [-0.4, -0.2) is 45.7 Å². The molecule has 1 unspecified atom stereocenters. The Balaban J connectivity index is 1.71. The van der Waals surface area contributed by atoms with Crippen molar-refractivity contribution in [2.75, 3.05) is 17.7 Å². The lowest BCUT2D eigenvalue weighted by molar-refractivity contribution is -0.215. The average Bonchev–Trinajstić information content (AvgIpc) is 3.16. The van der Waals surface area contributed by atoms with E-state index in [0.717, 1.165) is 30.2 Å². The fourth-order valence-electron chi connectivity index (χ4n) is 3.93. The zero-order valence-electron chi connectivity index (χ0n) is 17.4. The number of hydrogen-bond acceptors (Lipinski definition) is 7. The Bertz CT molecular complexity index is 1140. The molecule has 4 rings (SSSR count). The molecule has 1 aromatic carbocycles. The zero-order chi connectivity index (χ0) is 24.8. The Morgan fingerprint density at radius 2 is 2.03 bits per heavy atom. The second kappa shape index (κ2) is 8.73. The summed E-state index contributed by atoms with van der Waals surface area (Å²) in [6, 6.07) is 1.65. The van der Waals surface area contributed by atoms with Crippen molar-refractivity contribution in [1.82, 2.24) is 9.97 Å². The van der Waals surface area contributed by atoms with Crippen molar-refractivity contribution in [1.29, 1.82) is 0 Å². The first-order valence-corrected chi connectivity index (χ1v) is 10.8. The number of thioether (sulfide) groups is 1. The molecule has 182 valence electrons. The first-order chi connectivity index (χ1) is 15.9. The van der Waals surface area contributed by atoms with Crippen LogP contribution in [0.1, 0.15) is 34.8 Å². The lowest BCUT2D eigenvalue weighted by Gasteiger charge is -2.36. The van der Waals surface area contributed by atoms with E-state index in [-0.39, 0.29) is 28.0 Å². The standard InChI is InChI=1S/C20H17F6N5O2S/c1-8(21)13-4-29-14(5-28-13)17(32)30-9-2-10(15(23)12(22)3-9)19-7-33-16(20(24,25)26)11(19)6-34-18(27)31-19/h2-5,8,11,16H,6-7H2,1H3,(H2,27,31)(H,30,32)/t8?,11-,16+,19-/m1/s1. The number of amides is 1. The Morgan fingerprint density at radius 1 is 1.29 bits per heavy atom. The van der Waals surface area contributed by atoms with Crippen LogP contribution in [0.4, 0.5) is 32.0 Å². The molecule has 1 aromatic heterocycles. The second-order valence-corrected chi connectivity index (χ2v) is 8.82. The number of fused-ring (bicyclic) bond motifs is 1. The summed E-state index contributed by atoms with van der Waals surface area (Å²) in [6.45, 7) is 0.541. The lowest BCUT2D eigenvalue weighted by atomic mass is 9.78. The summed E-state index contributed by atoms with van der Waals surface area (Å²) >= 11 is 0.853. The molecule has 34 heavy (non-hydrogen) atoms. The molecule has 2 aromatic rings. The third kappa shape index (κ3) is 4.31. The summed E-state index contributed by atoms with van der Waals surface area (Å²) in [5.74, 6) is -5.30. The number of nitrogens with zero attached hydrogens (tertiary/aromatic N) is 3. The van der Waals surface area contributed by atoms with E-state index in [9.17, 15) is 31.1 Å². The number of amidine groups is 1. The van der Waals surface area contributed by atoms with Gasteiger partial charge in [0.25, 0.3) is 5.91 Å². The van der Waals surface area contributed by atoms with E-state index in [0.29, 0.717) is 6.07 Å². The van der Waals surface area contributed by atoms with E-state index < -0.39 is 59.6 Å². The third-order valence-corrected chi connectivity index (χ3v) is 6.48. The van der Waals surface area contributed by atoms with E-state index in [1.807, 2.05) is 0 Å². The van der Waals surface area contributed by atoms with Gasteiger partial charge >= 0.3 is 6.18 Å². The van der Waals surface area contributed by atoms with Crippen LogP contribution in [-0.2, 0) is 10.3 Å². The molecule has 2 aliphatic rings. The van der Waals surface area contributed by atoms with Gasteiger partial charge in [0.2, 0.25) is 0 Å². The third-order valence-electron chi connectivity index (χ3n) is 5.57. The molecule has 1 fully saturated rings. The highest BCUT2D eigenvalue weighted by atomic mass is 32.2. The number of halogens is 6. The number of carbonyl (C=O) groups is 1. The molecule has 4 atom stereocenters. The second-order valence-electron chi connectivity index (χ2n) is 7.78. The summed E-state index contributed by atoms with van der Waals surface area (Å²) in [5.41, 5.74) is 2.73. The maximum atomic E-state index is 14.9. The van der Waals surface area contributed by atoms with Gasteiger partial charge in [0.05, 0.1) is 24.7 Å². The number of anilines is 1. The molecule has 1 saturated heterocycles. The Kier molecular flexibility index (Phi) is 6.23. The van der Waals surface area contributed by atoms with Gasteiger partial charge < -0.3 is 15.8 Å². The van der Waals surface area contributed by atoms with Gasteiger partial charge in [-0.2, -0.15) is 13.2 Å². The topological polar surface area (TPSA) is 102 Å². The Labute approximate surface area is 193 Å². The fraction of sp³-hybridized carbons (Fsp3) is 0.400. The molecule has 0 bridgehead atoms. The Morgan fingerprint density at radius 3 is 2.65 bits per heavy atom. The normalized spacial score (nSPS) is 25.4. The molecule has 0 saturated carbocycles. The molecular formula is C20H17F6N5O2S.